The predicted octanol–water partition coefficient (Wildman–Crippen LogP) is 4.54. The Hall–Kier alpha value is -1.89. The zero-order chi connectivity index (χ0) is 17.9. The highest BCUT2D eigenvalue weighted by Crippen LogP contribution is 2.40. The van der Waals surface area contributed by atoms with Crippen LogP contribution in [0.5, 0.6) is 0 Å². The summed E-state index contributed by atoms with van der Waals surface area (Å²) in [6.45, 7) is 8.45. The first kappa shape index (κ1) is 18.5. The van der Waals surface area contributed by atoms with Crippen molar-refractivity contribution in [1.29, 1.82) is 5.26 Å². The third-order valence-electron chi connectivity index (χ3n) is 4.82. The summed E-state index contributed by atoms with van der Waals surface area (Å²) in [7, 11) is 0.585. The van der Waals surface area contributed by atoms with Gasteiger partial charge in [-0.15, -0.1) is 0 Å². The lowest BCUT2D eigenvalue weighted by atomic mass is 9.44. The van der Waals surface area contributed by atoms with Crippen LogP contribution in [0.1, 0.15) is 58.1 Å². The van der Waals surface area contributed by atoms with Gasteiger partial charge in [-0.1, -0.05) is 38.8 Å². The molecule has 0 saturated heterocycles. The molecule has 1 unspecified atom stereocenters. The van der Waals surface area contributed by atoms with E-state index in [0.29, 0.717) is 13.7 Å². The van der Waals surface area contributed by atoms with Gasteiger partial charge in [-0.2, -0.15) is 5.26 Å². The Labute approximate surface area is 145 Å². The molecule has 1 aliphatic heterocycles. The summed E-state index contributed by atoms with van der Waals surface area (Å²) in [4.78, 5) is 12.7. The molecule has 24 heavy (non-hydrogen) atoms. The van der Waals surface area contributed by atoms with E-state index in [9.17, 15) is 9.18 Å². The highest BCUT2D eigenvalue weighted by Gasteiger charge is 2.35. The molecule has 1 aliphatic rings. The van der Waals surface area contributed by atoms with Crippen molar-refractivity contribution in [2.75, 3.05) is 0 Å². The van der Waals surface area contributed by atoms with Crippen LogP contribution in [0.4, 0.5) is 4.39 Å². The minimum atomic E-state index is -0.480. The number of nitrogens with zero attached hydrogens (tertiary/aromatic N) is 1. The largest absolute Gasteiger partial charge is 0.307 e. The Morgan fingerprint density at radius 2 is 2.12 bits per heavy atom. The lowest BCUT2D eigenvalue weighted by Gasteiger charge is -2.33. The molecule has 1 atom stereocenters. The van der Waals surface area contributed by atoms with E-state index < -0.39 is 5.82 Å². The Kier molecular flexibility index (Phi) is 5.64. The van der Waals surface area contributed by atoms with Crippen molar-refractivity contribution in [3.8, 4) is 6.07 Å². The van der Waals surface area contributed by atoms with Gasteiger partial charge in [0.2, 0.25) is 7.28 Å². The zero-order valence-corrected chi connectivity index (χ0v) is 15.1. The highest BCUT2D eigenvalue weighted by molar-refractivity contribution is 6.80. The van der Waals surface area contributed by atoms with Crippen molar-refractivity contribution < 1.29 is 9.18 Å². The van der Waals surface area contributed by atoms with Crippen LogP contribution in [-0.4, -0.2) is 13.0 Å². The highest BCUT2D eigenvalue weighted by atomic mass is 19.1. The number of nitriles is 1. The van der Waals surface area contributed by atoms with Crippen molar-refractivity contribution in [2.24, 2.45) is 5.92 Å². The van der Waals surface area contributed by atoms with E-state index in [0.717, 1.165) is 30.4 Å². The minimum absolute atomic E-state index is 0.0297. The lowest BCUT2D eigenvalue weighted by Crippen LogP contribution is -2.33. The average Bonchev–Trinajstić information content (AvgIpc) is 2.45. The van der Waals surface area contributed by atoms with E-state index >= 15 is 0 Å². The van der Waals surface area contributed by atoms with E-state index in [1.807, 2.05) is 6.07 Å². The Morgan fingerprint density at radius 3 is 2.67 bits per heavy atom. The number of rotatable bonds is 5. The molecule has 0 saturated carbocycles. The molecule has 1 aromatic carbocycles. The molecule has 0 aliphatic carbocycles. The number of carbonyl (C=O) groups is 1. The SMILES string of the molecule is CCCC(Cc1ccc(C#N)c(F)c1)C1=C(C)CC(C)(C)BC1=O. The van der Waals surface area contributed by atoms with Gasteiger partial charge in [0.1, 0.15) is 17.6 Å². The first-order valence-electron chi connectivity index (χ1n) is 8.68. The van der Waals surface area contributed by atoms with Crippen LogP contribution in [0.15, 0.2) is 29.3 Å². The van der Waals surface area contributed by atoms with Crippen molar-refractivity contribution in [3.05, 3.63) is 46.3 Å². The fourth-order valence-corrected chi connectivity index (χ4v) is 3.98. The van der Waals surface area contributed by atoms with E-state index in [4.69, 9.17) is 5.26 Å². The number of carbonyl (C=O) groups excluding carboxylic acids is 1. The summed E-state index contributed by atoms with van der Waals surface area (Å²) < 4.78 is 13.9. The van der Waals surface area contributed by atoms with Gasteiger partial charge < -0.3 is 4.79 Å². The van der Waals surface area contributed by atoms with Crippen molar-refractivity contribution in [2.45, 2.75) is 58.7 Å². The van der Waals surface area contributed by atoms with E-state index in [-0.39, 0.29) is 22.5 Å². The third-order valence-corrected chi connectivity index (χ3v) is 4.82. The fraction of sp³-hybridized carbons (Fsp3) is 0.500. The molecule has 0 bridgehead atoms. The number of allylic oxidation sites excluding steroid dienone is 2. The topological polar surface area (TPSA) is 40.9 Å². The normalized spacial score (nSPS) is 18.1. The molecule has 1 heterocycles. The van der Waals surface area contributed by atoms with Gasteiger partial charge in [0.05, 0.1) is 5.56 Å². The van der Waals surface area contributed by atoms with E-state index in [1.165, 1.54) is 17.7 Å². The second kappa shape index (κ2) is 7.34. The number of hydrogen-bond donors (Lipinski definition) is 0. The molecule has 0 radical (unpaired) electrons. The van der Waals surface area contributed by atoms with Crippen molar-refractivity contribution >= 4 is 13.0 Å². The lowest BCUT2D eigenvalue weighted by molar-refractivity contribution is -0.109. The summed E-state index contributed by atoms with van der Waals surface area (Å²) in [5.41, 5.74) is 3.31. The molecule has 1 aromatic rings. The molecule has 0 spiro atoms. The zero-order valence-electron chi connectivity index (χ0n) is 15.1. The quantitative estimate of drug-likeness (QED) is 0.746. The van der Waals surface area contributed by atoms with Gasteiger partial charge in [-0.05, 0) is 60.7 Å². The van der Waals surface area contributed by atoms with Crippen LogP contribution in [0.25, 0.3) is 0 Å². The number of benzene rings is 1. The average molecular weight is 325 g/mol. The summed E-state index contributed by atoms with van der Waals surface area (Å²) in [6, 6.07) is 6.62. The molecular formula is C20H25BFNO. The predicted molar refractivity (Wildman–Crippen MR) is 96.7 cm³/mol. The maximum Gasteiger partial charge on any atom is 0.217 e. The summed E-state index contributed by atoms with van der Waals surface area (Å²) in [6.07, 6.45) is 3.49. The molecule has 0 amide bonds. The Balaban J connectivity index is 2.31. The van der Waals surface area contributed by atoms with Gasteiger partial charge in [0.15, 0.2) is 0 Å². The molecule has 4 heteroatoms. The standard InChI is InChI=1S/C20H25BFNO/c1-5-6-15(9-14-7-8-16(12-23)17(22)10-14)18-13(2)11-20(3,4)21-19(18)24/h7-8,10,15,21H,5-6,9,11H2,1-4H3. The van der Waals surface area contributed by atoms with E-state index in [1.54, 1.807) is 6.07 Å². The van der Waals surface area contributed by atoms with Crippen LogP contribution < -0.4 is 0 Å². The smallest absolute Gasteiger partial charge is 0.217 e. The van der Waals surface area contributed by atoms with Crippen molar-refractivity contribution in [1.82, 2.24) is 0 Å². The first-order chi connectivity index (χ1) is 11.3. The number of hydrogen-bond acceptors (Lipinski definition) is 2. The van der Waals surface area contributed by atoms with Crippen molar-refractivity contribution in [3.63, 3.8) is 0 Å². The van der Waals surface area contributed by atoms with Crippen LogP contribution >= 0.6 is 0 Å². The summed E-state index contributed by atoms with van der Waals surface area (Å²) in [5, 5.41) is 8.89. The Morgan fingerprint density at radius 1 is 1.42 bits per heavy atom. The first-order valence-corrected chi connectivity index (χ1v) is 8.68. The molecule has 0 aromatic heterocycles. The fourth-order valence-electron chi connectivity index (χ4n) is 3.98. The van der Waals surface area contributed by atoms with Gasteiger partial charge in [0, 0.05) is 0 Å². The molecule has 0 N–H and O–H groups in total. The molecule has 2 rings (SSSR count). The Bertz CT molecular complexity index is 715. The van der Waals surface area contributed by atoms with Crippen LogP contribution in [-0.2, 0) is 11.2 Å². The number of halogens is 1. The van der Waals surface area contributed by atoms with Crippen LogP contribution in [0, 0.1) is 23.1 Å². The third kappa shape index (κ3) is 4.14. The van der Waals surface area contributed by atoms with Crippen LogP contribution in [0.3, 0.4) is 0 Å². The monoisotopic (exact) mass is 325 g/mol. The van der Waals surface area contributed by atoms with Gasteiger partial charge in [-0.3, -0.25) is 0 Å². The van der Waals surface area contributed by atoms with Gasteiger partial charge in [-0.25, -0.2) is 4.39 Å². The molecule has 2 nitrogen and oxygen atoms in total. The summed E-state index contributed by atoms with van der Waals surface area (Å²) in [5.74, 6) is -0.349. The summed E-state index contributed by atoms with van der Waals surface area (Å²) >= 11 is 0. The van der Waals surface area contributed by atoms with Gasteiger partial charge in [0.25, 0.3) is 0 Å². The van der Waals surface area contributed by atoms with E-state index in [2.05, 4.69) is 27.7 Å². The van der Waals surface area contributed by atoms with Gasteiger partial charge >= 0.3 is 0 Å². The second-order valence-electron chi connectivity index (χ2n) is 7.75. The van der Waals surface area contributed by atoms with Crippen LogP contribution in [0.2, 0.25) is 5.31 Å². The second-order valence-corrected chi connectivity index (χ2v) is 7.75. The maximum absolute atomic E-state index is 13.9. The molecular weight excluding hydrogens is 300 g/mol. The minimum Gasteiger partial charge on any atom is -0.307 e. The maximum atomic E-state index is 13.9. The molecule has 0 fully saturated rings. The molecule has 126 valence electrons.